The van der Waals surface area contributed by atoms with Crippen molar-refractivity contribution in [2.45, 2.75) is 37.6 Å². The third kappa shape index (κ3) is 3.52. The number of amides is 4. The maximum Gasteiger partial charge on any atom is 0.344 e. The summed E-state index contributed by atoms with van der Waals surface area (Å²) in [6, 6.07) is 4.40. The van der Waals surface area contributed by atoms with E-state index in [0.29, 0.717) is 28.6 Å². The molecular formula is C16H18Cl2N4O3. The molecule has 1 spiro atoms. The van der Waals surface area contributed by atoms with Gasteiger partial charge in [0.1, 0.15) is 5.54 Å². The second-order valence-corrected chi connectivity index (χ2v) is 6.99. The van der Waals surface area contributed by atoms with Gasteiger partial charge < -0.3 is 10.6 Å². The molecule has 3 rings (SSSR count). The maximum absolute atomic E-state index is 12.6. The molecule has 25 heavy (non-hydrogen) atoms. The van der Waals surface area contributed by atoms with Crippen LogP contribution in [0.15, 0.2) is 18.2 Å². The number of nitrogens with one attached hydrogen (secondary N) is 3. The van der Waals surface area contributed by atoms with Crippen molar-refractivity contribution in [3.63, 3.8) is 0 Å². The Bertz CT molecular complexity index is 719. The third-order valence-electron chi connectivity index (χ3n) is 4.50. The number of rotatable bonds is 4. The topological polar surface area (TPSA) is 90.5 Å². The second-order valence-electron chi connectivity index (χ2n) is 6.20. The van der Waals surface area contributed by atoms with E-state index in [2.05, 4.69) is 16.1 Å². The lowest BCUT2D eigenvalue weighted by molar-refractivity contribution is -0.139. The SMILES string of the molecule is O=C(CNc1cccc(Cl)c1Cl)NN1C(=O)NC2(CCCCC2)C1=O. The van der Waals surface area contributed by atoms with Gasteiger partial charge in [0.15, 0.2) is 0 Å². The average Bonchev–Trinajstić information content (AvgIpc) is 2.81. The Morgan fingerprint density at radius 3 is 2.64 bits per heavy atom. The fourth-order valence-electron chi connectivity index (χ4n) is 3.20. The molecule has 7 nitrogen and oxygen atoms in total. The van der Waals surface area contributed by atoms with Crippen LogP contribution in [0.25, 0.3) is 0 Å². The van der Waals surface area contributed by atoms with Crippen molar-refractivity contribution in [1.82, 2.24) is 15.8 Å². The lowest BCUT2D eigenvalue weighted by atomic mass is 9.82. The number of anilines is 1. The zero-order valence-corrected chi connectivity index (χ0v) is 14.9. The van der Waals surface area contributed by atoms with Gasteiger partial charge in [-0.25, -0.2) is 4.79 Å². The van der Waals surface area contributed by atoms with E-state index in [1.54, 1.807) is 18.2 Å². The quantitative estimate of drug-likeness (QED) is 0.696. The molecule has 1 aromatic rings. The van der Waals surface area contributed by atoms with Crippen LogP contribution in [0.1, 0.15) is 32.1 Å². The number of hydrogen-bond donors (Lipinski definition) is 3. The van der Waals surface area contributed by atoms with E-state index in [1.807, 2.05) is 0 Å². The minimum absolute atomic E-state index is 0.163. The molecule has 0 unspecified atom stereocenters. The maximum atomic E-state index is 12.6. The summed E-state index contributed by atoms with van der Waals surface area (Å²) in [5.74, 6) is -0.932. The molecule has 0 radical (unpaired) electrons. The van der Waals surface area contributed by atoms with Crippen LogP contribution in [0.3, 0.4) is 0 Å². The number of carbonyl (C=O) groups is 3. The number of urea groups is 1. The highest BCUT2D eigenvalue weighted by molar-refractivity contribution is 6.43. The first-order chi connectivity index (χ1) is 11.9. The highest BCUT2D eigenvalue weighted by atomic mass is 35.5. The van der Waals surface area contributed by atoms with Crippen molar-refractivity contribution >= 4 is 46.7 Å². The highest BCUT2D eigenvalue weighted by Crippen LogP contribution is 2.33. The molecular weight excluding hydrogens is 367 g/mol. The molecule has 1 aliphatic heterocycles. The summed E-state index contributed by atoms with van der Waals surface area (Å²) in [5.41, 5.74) is 1.97. The summed E-state index contributed by atoms with van der Waals surface area (Å²) in [6.45, 7) is -0.163. The molecule has 0 atom stereocenters. The molecule has 0 aromatic heterocycles. The molecule has 9 heteroatoms. The van der Waals surface area contributed by atoms with E-state index in [0.717, 1.165) is 24.3 Å². The molecule has 2 aliphatic rings. The molecule has 0 bridgehead atoms. The van der Waals surface area contributed by atoms with Gasteiger partial charge in [-0.15, -0.1) is 0 Å². The Morgan fingerprint density at radius 1 is 1.20 bits per heavy atom. The van der Waals surface area contributed by atoms with E-state index >= 15 is 0 Å². The van der Waals surface area contributed by atoms with Crippen LogP contribution in [0.2, 0.25) is 10.0 Å². The summed E-state index contributed by atoms with van der Waals surface area (Å²) >= 11 is 11.9. The van der Waals surface area contributed by atoms with Gasteiger partial charge in [-0.3, -0.25) is 15.0 Å². The van der Waals surface area contributed by atoms with Crippen LogP contribution in [-0.2, 0) is 9.59 Å². The van der Waals surface area contributed by atoms with E-state index in [9.17, 15) is 14.4 Å². The van der Waals surface area contributed by atoms with Gasteiger partial charge >= 0.3 is 6.03 Å². The van der Waals surface area contributed by atoms with E-state index in [4.69, 9.17) is 23.2 Å². The van der Waals surface area contributed by atoms with Crippen molar-refractivity contribution < 1.29 is 14.4 Å². The number of hydrogen-bond acceptors (Lipinski definition) is 4. The molecule has 1 aliphatic carbocycles. The molecule has 4 amide bonds. The number of hydrazine groups is 1. The molecule has 1 saturated heterocycles. The minimum Gasteiger partial charge on any atom is -0.375 e. The fourth-order valence-corrected chi connectivity index (χ4v) is 3.56. The van der Waals surface area contributed by atoms with Crippen molar-refractivity contribution in [2.24, 2.45) is 0 Å². The van der Waals surface area contributed by atoms with Crippen LogP contribution in [-0.4, -0.2) is 34.9 Å². The first-order valence-corrected chi connectivity index (χ1v) is 8.83. The predicted molar refractivity (Wildman–Crippen MR) is 94.3 cm³/mol. The van der Waals surface area contributed by atoms with E-state index in [-0.39, 0.29) is 6.54 Å². The molecule has 3 N–H and O–H groups in total. The van der Waals surface area contributed by atoms with E-state index < -0.39 is 23.4 Å². The number of carbonyl (C=O) groups excluding carboxylic acids is 3. The third-order valence-corrected chi connectivity index (χ3v) is 5.32. The zero-order chi connectivity index (χ0) is 18.0. The summed E-state index contributed by atoms with van der Waals surface area (Å²) in [4.78, 5) is 36.8. The number of benzene rings is 1. The van der Waals surface area contributed by atoms with Crippen LogP contribution in [0, 0.1) is 0 Å². The standard InChI is InChI=1S/C16H18Cl2N4O3/c17-10-5-4-6-11(13(10)18)19-9-12(23)21-22-14(24)16(20-15(22)25)7-2-1-3-8-16/h4-6,19H,1-3,7-9H2,(H,20,25)(H,21,23). The fraction of sp³-hybridized carbons (Fsp3) is 0.438. The molecule has 1 heterocycles. The Balaban J connectivity index is 1.60. The van der Waals surface area contributed by atoms with Crippen LogP contribution in [0.4, 0.5) is 10.5 Å². The Morgan fingerprint density at radius 2 is 1.92 bits per heavy atom. The van der Waals surface area contributed by atoms with Crippen molar-refractivity contribution in [2.75, 3.05) is 11.9 Å². The average molecular weight is 385 g/mol. The first-order valence-electron chi connectivity index (χ1n) is 8.07. The van der Waals surface area contributed by atoms with Gasteiger partial charge in [-0.2, -0.15) is 5.01 Å². The normalized spacial score (nSPS) is 19.0. The molecule has 134 valence electrons. The number of nitrogens with zero attached hydrogens (tertiary/aromatic N) is 1. The van der Waals surface area contributed by atoms with Gasteiger partial charge in [0.2, 0.25) is 0 Å². The van der Waals surface area contributed by atoms with Gasteiger partial charge in [-0.05, 0) is 25.0 Å². The van der Waals surface area contributed by atoms with Crippen molar-refractivity contribution in [3.8, 4) is 0 Å². The molecule has 2 fully saturated rings. The lowest BCUT2D eigenvalue weighted by Gasteiger charge is -2.30. The van der Waals surface area contributed by atoms with Crippen molar-refractivity contribution in [3.05, 3.63) is 28.2 Å². The monoisotopic (exact) mass is 384 g/mol. The Kier molecular flexibility index (Phi) is 5.06. The van der Waals surface area contributed by atoms with Crippen molar-refractivity contribution in [1.29, 1.82) is 0 Å². The zero-order valence-electron chi connectivity index (χ0n) is 13.4. The lowest BCUT2D eigenvalue weighted by Crippen LogP contribution is -2.51. The van der Waals surface area contributed by atoms with Crippen LogP contribution >= 0.6 is 23.2 Å². The summed E-state index contributed by atoms with van der Waals surface area (Å²) in [6.07, 6.45) is 3.99. The van der Waals surface area contributed by atoms with Gasteiger partial charge in [-0.1, -0.05) is 48.5 Å². The Hall–Kier alpha value is -1.99. The summed E-state index contributed by atoms with van der Waals surface area (Å²) in [7, 11) is 0. The van der Waals surface area contributed by atoms with Gasteiger partial charge in [0.05, 0.1) is 22.3 Å². The number of halogens is 2. The largest absolute Gasteiger partial charge is 0.375 e. The summed E-state index contributed by atoms with van der Waals surface area (Å²) < 4.78 is 0. The first kappa shape index (κ1) is 17.8. The minimum atomic E-state index is -0.869. The van der Waals surface area contributed by atoms with Gasteiger partial charge in [0, 0.05) is 0 Å². The molecule has 1 saturated carbocycles. The summed E-state index contributed by atoms with van der Waals surface area (Å²) in [5, 5.41) is 6.99. The molecule has 1 aromatic carbocycles. The predicted octanol–water partition coefficient (Wildman–Crippen LogP) is 2.69. The number of imide groups is 1. The Labute approximate surface area is 155 Å². The smallest absolute Gasteiger partial charge is 0.344 e. The van der Waals surface area contributed by atoms with Crippen LogP contribution in [0.5, 0.6) is 0 Å². The highest BCUT2D eigenvalue weighted by Gasteiger charge is 2.52. The second kappa shape index (κ2) is 7.09. The van der Waals surface area contributed by atoms with Crippen LogP contribution < -0.4 is 16.1 Å². The van der Waals surface area contributed by atoms with Gasteiger partial charge in [0.25, 0.3) is 11.8 Å². The van der Waals surface area contributed by atoms with E-state index in [1.165, 1.54) is 0 Å².